The summed E-state index contributed by atoms with van der Waals surface area (Å²) in [6.45, 7) is 3.19. The average Bonchev–Trinajstić information content (AvgIpc) is 3.06. The summed E-state index contributed by atoms with van der Waals surface area (Å²) >= 11 is 3.42. The van der Waals surface area contributed by atoms with Crippen molar-refractivity contribution in [1.29, 1.82) is 0 Å². The van der Waals surface area contributed by atoms with Crippen LogP contribution in [0.3, 0.4) is 0 Å². The third-order valence-electron chi connectivity index (χ3n) is 5.59. The number of carboxylic acids is 2. The van der Waals surface area contributed by atoms with Gasteiger partial charge in [0.2, 0.25) is 0 Å². The van der Waals surface area contributed by atoms with Gasteiger partial charge in [0.1, 0.15) is 12.6 Å². The predicted octanol–water partition coefficient (Wildman–Crippen LogP) is 2.83. The van der Waals surface area contributed by atoms with Crippen molar-refractivity contribution in [1.82, 2.24) is 19.4 Å². The van der Waals surface area contributed by atoms with Crippen molar-refractivity contribution in [3.05, 3.63) is 64.5 Å². The number of halogens is 1. The topological polar surface area (TPSA) is 98.9 Å². The molecule has 8 nitrogen and oxygen atoms in total. The minimum Gasteiger partial charge on any atom is -0.480 e. The number of fused-ring (bicyclic) bond motifs is 1. The van der Waals surface area contributed by atoms with Crippen LogP contribution in [0.4, 0.5) is 0 Å². The zero-order valence-corrected chi connectivity index (χ0v) is 18.4. The predicted molar refractivity (Wildman–Crippen MR) is 119 cm³/mol. The Morgan fingerprint density at radius 2 is 1.87 bits per heavy atom. The van der Waals surface area contributed by atoms with Crippen LogP contribution in [0.1, 0.15) is 17.3 Å². The number of nitrogens with zero attached hydrogens (tertiary/aromatic N) is 4. The second-order valence-corrected chi connectivity index (χ2v) is 8.56. The normalized spacial score (nSPS) is 16.4. The van der Waals surface area contributed by atoms with Crippen molar-refractivity contribution in [2.45, 2.75) is 19.1 Å². The van der Waals surface area contributed by atoms with E-state index in [9.17, 15) is 19.8 Å². The minimum absolute atomic E-state index is 0.225. The van der Waals surface area contributed by atoms with Crippen LogP contribution >= 0.6 is 15.9 Å². The number of aliphatic carboxylic acids is 2. The molecule has 4 rings (SSSR count). The fourth-order valence-electron chi connectivity index (χ4n) is 4.17. The molecule has 0 radical (unpaired) electrons. The molecule has 0 saturated carbocycles. The number of hydrogen-bond acceptors (Lipinski definition) is 5. The molecule has 1 aliphatic heterocycles. The van der Waals surface area contributed by atoms with Crippen LogP contribution in [0.15, 0.2) is 53.3 Å². The van der Waals surface area contributed by atoms with Crippen molar-refractivity contribution >= 4 is 38.8 Å². The molecule has 0 unspecified atom stereocenters. The number of carbonyl (C=O) groups is 2. The highest BCUT2D eigenvalue weighted by atomic mass is 79.9. The van der Waals surface area contributed by atoms with Gasteiger partial charge in [0.05, 0.1) is 11.2 Å². The van der Waals surface area contributed by atoms with Crippen LogP contribution in [0, 0.1) is 0 Å². The Kier molecular flexibility index (Phi) is 6.35. The number of piperazine rings is 1. The van der Waals surface area contributed by atoms with E-state index in [-0.39, 0.29) is 6.54 Å². The molecule has 162 valence electrons. The SMILES string of the molecule is O=C(O)Cn1cc([C@@H](C(=O)O)N2CCN(Cc3ccccn3)CC2)c2ccc(Br)cc21. The Morgan fingerprint density at radius 1 is 1.10 bits per heavy atom. The summed E-state index contributed by atoms with van der Waals surface area (Å²) in [7, 11) is 0. The summed E-state index contributed by atoms with van der Waals surface area (Å²) in [5.41, 5.74) is 2.31. The second-order valence-electron chi connectivity index (χ2n) is 7.64. The molecular weight excluding hydrogens is 464 g/mol. The van der Waals surface area contributed by atoms with E-state index in [1.807, 2.05) is 41.3 Å². The van der Waals surface area contributed by atoms with E-state index in [0.717, 1.165) is 35.2 Å². The molecule has 1 atom stereocenters. The molecule has 0 bridgehead atoms. The average molecular weight is 487 g/mol. The van der Waals surface area contributed by atoms with Crippen molar-refractivity contribution in [3.8, 4) is 0 Å². The van der Waals surface area contributed by atoms with E-state index in [4.69, 9.17) is 0 Å². The second kappa shape index (κ2) is 9.17. The van der Waals surface area contributed by atoms with Gasteiger partial charge in [-0.15, -0.1) is 0 Å². The highest BCUT2D eigenvalue weighted by Gasteiger charge is 2.33. The molecule has 9 heteroatoms. The maximum Gasteiger partial charge on any atom is 0.325 e. The molecule has 0 aliphatic carbocycles. The van der Waals surface area contributed by atoms with Gasteiger partial charge in [-0.25, -0.2) is 0 Å². The molecular formula is C22H23BrN4O4. The van der Waals surface area contributed by atoms with Gasteiger partial charge < -0.3 is 14.8 Å². The lowest BCUT2D eigenvalue weighted by atomic mass is 10.0. The van der Waals surface area contributed by atoms with Gasteiger partial charge in [-0.1, -0.05) is 28.1 Å². The summed E-state index contributed by atoms with van der Waals surface area (Å²) in [6, 6.07) is 10.5. The van der Waals surface area contributed by atoms with Crippen LogP contribution in [-0.4, -0.2) is 67.7 Å². The molecule has 2 aromatic heterocycles. The lowest BCUT2D eigenvalue weighted by Crippen LogP contribution is -2.48. The van der Waals surface area contributed by atoms with Crippen LogP contribution in [0.5, 0.6) is 0 Å². The third-order valence-corrected chi connectivity index (χ3v) is 6.09. The van der Waals surface area contributed by atoms with Gasteiger partial charge in [0, 0.05) is 60.5 Å². The van der Waals surface area contributed by atoms with E-state index in [1.54, 1.807) is 17.0 Å². The Labute approximate surface area is 187 Å². The lowest BCUT2D eigenvalue weighted by molar-refractivity contribution is -0.144. The monoisotopic (exact) mass is 486 g/mol. The summed E-state index contributed by atoms with van der Waals surface area (Å²) in [5, 5.41) is 20.1. The summed E-state index contributed by atoms with van der Waals surface area (Å²) < 4.78 is 2.41. The highest BCUT2D eigenvalue weighted by Crippen LogP contribution is 2.33. The van der Waals surface area contributed by atoms with Gasteiger partial charge in [0.25, 0.3) is 0 Å². The van der Waals surface area contributed by atoms with Crippen LogP contribution in [0.25, 0.3) is 10.9 Å². The van der Waals surface area contributed by atoms with Crippen molar-refractivity contribution in [2.24, 2.45) is 0 Å². The first kappa shape index (κ1) is 21.5. The molecule has 1 saturated heterocycles. The van der Waals surface area contributed by atoms with E-state index < -0.39 is 18.0 Å². The largest absolute Gasteiger partial charge is 0.480 e. The Balaban J connectivity index is 1.58. The number of carboxylic acid groups (broad SMARTS) is 2. The molecule has 0 amide bonds. The molecule has 1 aliphatic rings. The molecule has 0 spiro atoms. The fourth-order valence-corrected chi connectivity index (χ4v) is 4.52. The summed E-state index contributed by atoms with van der Waals surface area (Å²) in [6.07, 6.45) is 3.45. The maximum atomic E-state index is 12.3. The van der Waals surface area contributed by atoms with Crippen LogP contribution < -0.4 is 0 Å². The molecule has 3 heterocycles. The Hall–Kier alpha value is -2.75. The first-order chi connectivity index (χ1) is 14.9. The minimum atomic E-state index is -0.974. The molecule has 3 aromatic rings. The molecule has 1 fully saturated rings. The van der Waals surface area contributed by atoms with Gasteiger partial charge in [-0.2, -0.15) is 0 Å². The third kappa shape index (κ3) is 4.79. The Bertz CT molecular complexity index is 1090. The zero-order chi connectivity index (χ0) is 22.0. The summed E-state index contributed by atoms with van der Waals surface area (Å²) in [5.74, 6) is -1.91. The first-order valence-corrected chi connectivity index (χ1v) is 10.8. The number of rotatable bonds is 7. The fraction of sp³-hybridized carbons (Fsp3) is 0.318. The molecule has 1 aromatic carbocycles. The van der Waals surface area contributed by atoms with Gasteiger partial charge in [-0.3, -0.25) is 24.4 Å². The zero-order valence-electron chi connectivity index (χ0n) is 16.8. The number of hydrogen-bond donors (Lipinski definition) is 2. The standard InChI is InChI=1S/C22H23BrN4O4/c23-15-4-5-17-18(13-27(14-20(28)29)19(17)11-15)21(22(30)31)26-9-7-25(8-10-26)12-16-3-1-2-6-24-16/h1-6,11,13,21H,7-10,12,14H2,(H,28,29)(H,30,31)/t21-/m0/s1. The van der Waals surface area contributed by atoms with Gasteiger partial charge >= 0.3 is 11.9 Å². The quantitative estimate of drug-likeness (QED) is 0.529. The lowest BCUT2D eigenvalue weighted by Gasteiger charge is -2.37. The van der Waals surface area contributed by atoms with E-state index in [2.05, 4.69) is 25.8 Å². The molecule has 31 heavy (non-hydrogen) atoms. The smallest absolute Gasteiger partial charge is 0.325 e. The van der Waals surface area contributed by atoms with Crippen molar-refractivity contribution < 1.29 is 19.8 Å². The number of pyridine rings is 1. The van der Waals surface area contributed by atoms with E-state index in [0.29, 0.717) is 24.2 Å². The summed E-state index contributed by atoms with van der Waals surface area (Å²) in [4.78, 5) is 32.2. The van der Waals surface area contributed by atoms with Gasteiger partial charge in [0.15, 0.2) is 0 Å². The number of benzene rings is 1. The highest BCUT2D eigenvalue weighted by molar-refractivity contribution is 9.10. The van der Waals surface area contributed by atoms with Gasteiger partial charge in [-0.05, 0) is 24.3 Å². The van der Waals surface area contributed by atoms with Crippen molar-refractivity contribution in [2.75, 3.05) is 26.2 Å². The Morgan fingerprint density at radius 3 is 2.52 bits per heavy atom. The molecule has 2 N–H and O–H groups in total. The first-order valence-electron chi connectivity index (χ1n) is 10.0. The van der Waals surface area contributed by atoms with E-state index in [1.165, 1.54) is 0 Å². The van der Waals surface area contributed by atoms with Crippen LogP contribution in [0.2, 0.25) is 0 Å². The van der Waals surface area contributed by atoms with E-state index >= 15 is 0 Å². The number of aromatic nitrogens is 2. The van der Waals surface area contributed by atoms with Crippen molar-refractivity contribution in [3.63, 3.8) is 0 Å². The maximum absolute atomic E-state index is 12.3. The van der Waals surface area contributed by atoms with Crippen LogP contribution in [-0.2, 0) is 22.7 Å².